The minimum absolute atomic E-state index is 0.233. The number of fused-ring (bicyclic) bond motifs is 1. The highest BCUT2D eigenvalue weighted by Crippen LogP contribution is 2.35. The smallest absolute Gasteiger partial charge is 0.263 e. The van der Waals surface area contributed by atoms with Crippen molar-refractivity contribution >= 4 is 59.7 Å². The lowest BCUT2D eigenvalue weighted by atomic mass is 10.1. The van der Waals surface area contributed by atoms with Gasteiger partial charge in [-0.2, -0.15) is 5.10 Å². The van der Waals surface area contributed by atoms with E-state index in [2.05, 4.69) is 14.9 Å². The van der Waals surface area contributed by atoms with Crippen molar-refractivity contribution in [1.82, 2.24) is 10.2 Å². The average Bonchev–Trinajstić information content (AvgIpc) is 3.12. The molecule has 1 aromatic heterocycles. The van der Waals surface area contributed by atoms with Crippen LogP contribution in [0.5, 0.6) is 0 Å². The molecule has 4 aromatic rings. The van der Waals surface area contributed by atoms with Gasteiger partial charge in [0, 0.05) is 27.9 Å². The molecule has 0 unspecified atom stereocenters. The Balaban J connectivity index is 1.80. The topological polar surface area (TPSA) is 109 Å². The number of sulfone groups is 1. The van der Waals surface area contributed by atoms with Gasteiger partial charge in [0.2, 0.25) is 0 Å². The quantitative estimate of drug-likeness (QED) is 0.415. The summed E-state index contributed by atoms with van der Waals surface area (Å²) in [6, 6.07) is 15.2. The first-order chi connectivity index (χ1) is 14.6. The van der Waals surface area contributed by atoms with Crippen LogP contribution in [0.2, 0.25) is 10.0 Å². The number of nitrogens with one attached hydrogen (secondary N) is 2. The highest BCUT2D eigenvalue weighted by molar-refractivity contribution is 7.95. The van der Waals surface area contributed by atoms with Crippen molar-refractivity contribution in [2.75, 3.05) is 11.0 Å². The van der Waals surface area contributed by atoms with Gasteiger partial charge in [-0.3, -0.25) is 9.82 Å². The van der Waals surface area contributed by atoms with Crippen molar-refractivity contribution in [2.45, 2.75) is 9.79 Å². The van der Waals surface area contributed by atoms with Crippen LogP contribution in [-0.4, -0.2) is 33.3 Å². The molecule has 7 nitrogen and oxygen atoms in total. The molecule has 31 heavy (non-hydrogen) atoms. The first-order valence-electron chi connectivity index (χ1n) is 8.82. The maximum Gasteiger partial charge on any atom is 0.263 e. The zero-order valence-electron chi connectivity index (χ0n) is 15.9. The summed E-state index contributed by atoms with van der Waals surface area (Å²) < 4.78 is 52.4. The van der Waals surface area contributed by atoms with Crippen LogP contribution in [0.25, 0.3) is 22.2 Å². The molecule has 0 aliphatic carbocycles. The van der Waals surface area contributed by atoms with E-state index in [0.29, 0.717) is 32.2 Å². The molecular formula is C20H15Cl2N3O4S2. The minimum Gasteiger partial charge on any atom is -0.280 e. The van der Waals surface area contributed by atoms with Crippen molar-refractivity contribution in [3.8, 4) is 11.3 Å². The molecule has 0 atom stereocenters. The summed E-state index contributed by atoms with van der Waals surface area (Å²) in [5.74, 6) is 0. The Morgan fingerprint density at radius 3 is 2.32 bits per heavy atom. The van der Waals surface area contributed by atoms with Crippen molar-refractivity contribution in [2.24, 2.45) is 0 Å². The van der Waals surface area contributed by atoms with Crippen LogP contribution < -0.4 is 4.72 Å². The standard InChI is InChI=1S/C20H15Cl2N3O4S2/c1-30(26,27)18-4-2-3-5-19(18)31(28,29)25-13-7-9-17-15(11-13)20(24-23-17)14-10-12(21)6-8-16(14)22/h2-11,25H,1H3,(H,23,24). The molecule has 0 spiro atoms. The molecule has 0 saturated carbocycles. The number of hydrogen-bond acceptors (Lipinski definition) is 5. The number of halogens is 2. The number of aromatic amines is 1. The van der Waals surface area contributed by atoms with E-state index in [4.69, 9.17) is 23.2 Å². The van der Waals surface area contributed by atoms with E-state index in [1.54, 1.807) is 36.4 Å². The lowest BCUT2D eigenvalue weighted by Gasteiger charge is -2.11. The van der Waals surface area contributed by atoms with Crippen molar-refractivity contribution in [1.29, 1.82) is 0 Å². The van der Waals surface area contributed by atoms with E-state index in [1.807, 2.05) is 0 Å². The Morgan fingerprint density at radius 1 is 0.903 bits per heavy atom. The molecule has 0 fully saturated rings. The number of sulfonamides is 1. The second-order valence-electron chi connectivity index (χ2n) is 6.78. The summed E-state index contributed by atoms with van der Waals surface area (Å²) in [6.07, 6.45) is 0.958. The van der Waals surface area contributed by atoms with Gasteiger partial charge in [0.15, 0.2) is 9.84 Å². The van der Waals surface area contributed by atoms with E-state index in [9.17, 15) is 16.8 Å². The minimum atomic E-state index is -4.18. The lowest BCUT2D eigenvalue weighted by Crippen LogP contribution is -2.16. The molecular weight excluding hydrogens is 481 g/mol. The summed E-state index contributed by atoms with van der Waals surface area (Å²) in [7, 11) is -7.93. The Bertz CT molecular complexity index is 1530. The van der Waals surface area contributed by atoms with Crippen LogP contribution >= 0.6 is 23.2 Å². The molecule has 160 valence electrons. The molecule has 0 aliphatic rings. The van der Waals surface area contributed by atoms with Gasteiger partial charge in [-0.05, 0) is 48.5 Å². The van der Waals surface area contributed by atoms with Gasteiger partial charge in [0.25, 0.3) is 10.0 Å². The highest BCUT2D eigenvalue weighted by Gasteiger charge is 2.24. The molecule has 0 aliphatic heterocycles. The van der Waals surface area contributed by atoms with E-state index >= 15 is 0 Å². The zero-order chi connectivity index (χ0) is 22.4. The van der Waals surface area contributed by atoms with Gasteiger partial charge >= 0.3 is 0 Å². The third kappa shape index (κ3) is 4.27. The predicted octanol–water partition coefficient (Wildman–Crippen LogP) is 4.74. The molecule has 0 bridgehead atoms. The SMILES string of the molecule is CS(=O)(=O)c1ccccc1S(=O)(=O)Nc1ccc2[nH]nc(-c3cc(Cl)ccc3Cl)c2c1. The zero-order valence-corrected chi connectivity index (χ0v) is 19.1. The normalized spacial score (nSPS) is 12.2. The van der Waals surface area contributed by atoms with Crippen LogP contribution in [0.1, 0.15) is 0 Å². The van der Waals surface area contributed by atoms with E-state index in [1.165, 1.54) is 24.3 Å². The number of benzene rings is 3. The second-order valence-corrected chi connectivity index (χ2v) is 11.3. The molecule has 0 saturated heterocycles. The highest BCUT2D eigenvalue weighted by atomic mass is 35.5. The Morgan fingerprint density at radius 2 is 1.61 bits per heavy atom. The molecule has 4 rings (SSSR count). The molecule has 11 heteroatoms. The van der Waals surface area contributed by atoms with Crippen LogP contribution in [-0.2, 0) is 19.9 Å². The fourth-order valence-corrected chi connectivity index (χ4v) is 6.21. The lowest BCUT2D eigenvalue weighted by molar-refractivity contribution is 0.588. The number of nitrogens with zero attached hydrogens (tertiary/aromatic N) is 1. The number of H-pyrrole nitrogens is 1. The molecule has 1 heterocycles. The maximum absolute atomic E-state index is 13.0. The first-order valence-corrected chi connectivity index (χ1v) is 12.9. The number of aromatic nitrogens is 2. The Kier molecular flexibility index (Phi) is 5.47. The molecule has 0 amide bonds. The van der Waals surface area contributed by atoms with Gasteiger partial charge in [0.1, 0.15) is 10.6 Å². The van der Waals surface area contributed by atoms with Crippen LogP contribution in [0, 0.1) is 0 Å². The van der Waals surface area contributed by atoms with E-state index < -0.39 is 19.9 Å². The van der Waals surface area contributed by atoms with Crippen LogP contribution in [0.4, 0.5) is 5.69 Å². The van der Waals surface area contributed by atoms with Gasteiger partial charge in [-0.1, -0.05) is 35.3 Å². The van der Waals surface area contributed by atoms with Crippen molar-refractivity contribution in [3.63, 3.8) is 0 Å². The third-order valence-corrected chi connectivity index (χ3v) is 7.83. The van der Waals surface area contributed by atoms with E-state index in [-0.39, 0.29) is 15.5 Å². The van der Waals surface area contributed by atoms with Gasteiger partial charge in [-0.15, -0.1) is 0 Å². The summed E-state index contributed by atoms with van der Waals surface area (Å²) in [5, 5.41) is 8.69. The molecule has 2 N–H and O–H groups in total. The van der Waals surface area contributed by atoms with E-state index in [0.717, 1.165) is 6.26 Å². The Hall–Kier alpha value is -2.59. The van der Waals surface area contributed by atoms with Gasteiger partial charge in [-0.25, -0.2) is 16.8 Å². The monoisotopic (exact) mass is 495 g/mol. The Labute approximate surface area is 189 Å². The number of hydrogen-bond donors (Lipinski definition) is 2. The first kappa shape index (κ1) is 21.6. The summed E-state index contributed by atoms with van der Waals surface area (Å²) in [6.45, 7) is 0. The second kappa shape index (κ2) is 7.83. The van der Waals surface area contributed by atoms with Crippen LogP contribution in [0.15, 0.2) is 70.5 Å². The fourth-order valence-electron chi connectivity index (χ4n) is 3.15. The summed E-state index contributed by atoms with van der Waals surface area (Å²) in [5.41, 5.74) is 1.98. The third-order valence-electron chi connectivity index (χ3n) is 4.54. The largest absolute Gasteiger partial charge is 0.280 e. The predicted molar refractivity (Wildman–Crippen MR) is 122 cm³/mol. The fraction of sp³-hybridized carbons (Fsp3) is 0.0500. The average molecular weight is 496 g/mol. The van der Waals surface area contributed by atoms with Crippen molar-refractivity contribution < 1.29 is 16.8 Å². The molecule has 0 radical (unpaired) electrons. The van der Waals surface area contributed by atoms with Crippen molar-refractivity contribution in [3.05, 3.63) is 70.7 Å². The maximum atomic E-state index is 13.0. The van der Waals surface area contributed by atoms with Crippen LogP contribution in [0.3, 0.4) is 0 Å². The van der Waals surface area contributed by atoms with Gasteiger partial charge < -0.3 is 0 Å². The van der Waals surface area contributed by atoms with Gasteiger partial charge in [0.05, 0.1) is 15.4 Å². The summed E-state index contributed by atoms with van der Waals surface area (Å²) >= 11 is 12.4. The number of anilines is 1. The molecule has 3 aromatic carbocycles. The summed E-state index contributed by atoms with van der Waals surface area (Å²) in [4.78, 5) is -0.610. The number of rotatable bonds is 5.